The number of amides is 1. The van der Waals surface area contributed by atoms with Crippen molar-refractivity contribution in [3.63, 3.8) is 0 Å². The molecule has 1 amide bonds. The summed E-state index contributed by atoms with van der Waals surface area (Å²) in [6.07, 6.45) is -4.50. The number of hydrogen-bond acceptors (Lipinski definition) is 2. The highest BCUT2D eigenvalue weighted by atomic mass is 19.3. The van der Waals surface area contributed by atoms with E-state index in [0.717, 1.165) is 0 Å². The molecule has 3 nitrogen and oxygen atoms in total. The zero-order valence-electron chi connectivity index (χ0n) is 11.8. The van der Waals surface area contributed by atoms with Crippen molar-refractivity contribution in [3.05, 3.63) is 46.8 Å². The largest absolute Gasteiger partial charge is 0.482 e. The highest BCUT2D eigenvalue weighted by molar-refractivity contribution is 5.99. The first-order chi connectivity index (χ1) is 12.0. The third-order valence-electron chi connectivity index (χ3n) is 3.38. The molecule has 1 aliphatic rings. The predicted molar refractivity (Wildman–Crippen MR) is 65.8 cm³/mol. The van der Waals surface area contributed by atoms with E-state index in [1.165, 1.54) is 5.32 Å². The Morgan fingerprint density at radius 1 is 0.769 bits per heavy atom. The molecule has 0 aromatic heterocycles. The Bertz CT molecular complexity index is 945. The van der Waals surface area contributed by atoms with E-state index in [4.69, 9.17) is 0 Å². The van der Waals surface area contributed by atoms with E-state index in [-0.39, 0.29) is 6.07 Å². The van der Waals surface area contributed by atoms with E-state index in [1.807, 2.05) is 0 Å². The number of carbonyl (C=O) groups excluding carboxylic acids is 1. The lowest BCUT2D eigenvalue weighted by Crippen LogP contribution is -2.43. The minimum atomic E-state index is -4.50. The summed E-state index contributed by atoms with van der Waals surface area (Å²) >= 11 is 0. The molecule has 1 N–H and O–H groups in total. The van der Waals surface area contributed by atoms with Crippen LogP contribution in [0.25, 0.3) is 11.1 Å². The van der Waals surface area contributed by atoms with Crippen molar-refractivity contribution in [1.29, 1.82) is 0 Å². The van der Waals surface area contributed by atoms with Crippen LogP contribution in [0.2, 0.25) is 0 Å². The number of benzene rings is 2. The fraction of sp³-hybridized carbons (Fsp3) is 0.0714. The molecule has 0 aliphatic carbocycles. The highest BCUT2D eigenvalue weighted by Gasteiger charge is 2.48. The molecule has 1 aliphatic heterocycles. The molecule has 12 heteroatoms. The number of anilines is 1. The number of rotatable bonds is 1. The summed E-state index contributed by atoms with van der Waals surface area (Å²) in [5.41, 5.74) is -5.02. The molecule has 3 rings (SSSR count). The van der Waals surface area contributed by atoms with Crippen LogP contribution in [0, 0.1) is 40.7 Å². The lowest BCUT2D eigenvalue weighted by molar-refractivity contribution is -0.189. The minimum Gasteiger partial charge on any atom is -0.423 e. The molecule has 0 saturated carbocycles. The maximum Gasteiger partial charge on any atom is 0.482 e. The smallest absolute Gasteiger partial charge is 0.423 e. The fourth-order valence-electron chi connectivity index (χ4n) is 2.22. The van der Waals surface area contributed by atoms with Gasteiger partial charge in [-0.05, 0) is 0 Å². The summed E-state index contributed by atoms with van der Waals surface area (Å²) in [5.74, 6) is -20.2. The Kier molecular flexibility index (Phi) is 3.81. The molecular formula is C14H2F9NO2. The third-order valence-corrected chi connectivity index (χ3v) is 3.38. The Morgan fingerprint density at radius 3 is 1.81 bits per heavy atom. The highest BCUT2D eigenvalue weighted by Crippen LogP contribution is 2.44. The summed E-state index contributed by atoms with van der Waals surface area (Å²) in [6.45, 7) is 0. The van der Waals surface area contributed by atoms with E-state index in [1.54, 1.807) is 0 Å². The van der Waals surface area contributed by atoms with Gasteiger partial charge in [-0.2, -0.15) is 8.78 Å². The van der Waals surface area contributed by atoms with Crippen molar-refractivity contribution in [2.75, 3.05) is 5.32 Å². The number of nitrogens with one attached hydrogen (secondary N) is 1. The van der Waals surface area contributed by atoms with Gasteiger partial charge >= 0.3 is 12.0 Å². The number of halogens is 9. The molecule has 0 unspecified atom stereocenters. The molecule has 0 fully saturated rings. The van der Waals surface area contributed by atoms with Crippen LogP contribution in [0.3, 0.4) is 0 Å². The number of carbonyl (C=O) groups is 1. The maximum absolute atomic E-state index is 14.4. The van der Waals surface area contributed by atoms with Crippen LogP contribution < -0.4 is 10.1 Å². The topological polar surface area (TPSA) is 38.3 Å². The van der Waals surface area contributed by atoms with Gasteiger partial charge in [-0.15, -0.1) is 0 Å². The Labute approximate surface area is 137 Å². The zero-order valence-corrected chi connectivity index (χ0v) is 11.8. The minimum absolute atomic E-state index is 0.000850. The van der Waals surface area contributed by atoms with Gasteiger partial charge in [0.05, 0.1) is 11.1 Å². The summed E-state index contributed by atoms with van der Waals surface area (Å²) in [5, 5.41) is 1.27. The predicted octanol–water partition coefficient (Wildman–Crippen LogP) is 4.25. The van der Waals surface area contributed by atoms with Gasteiger partial charge < -0.3 is 10.1 Å². The van der Waals surface area contributed by atoms with Gasteiger partial charge in [0.1, 0.15) is 11.5 Å². The van der Waals surface area contributed by atoms with Crippen molar-refractivity contribution in [1.82, 2.24) is 0 Å². The van der Waals surface area contributed by atoms with E-state index in [9.17, 15) is 44.3 Å². The Morgan fingerprint density at radius 2 is 1.27 bits per heavy atom. The third kappa shape index (κ3) is 2.35. The molecule has 0 radical (unpaired) electrons. The average molecular weight is 387 g/mol. The van der Waals surface area contributed by atoms with Gasteiger partial charge in [0.2, 0.25) is 5.82 Å². The van der Waals surface area contributed by atoms with Crippen LogP contribution in [0.5, 0.6) is 5.75 Å². The number of hydrogen-bond donors (Lipinski definition) is 1. The standard InChI is InChI=1S/C14H2F9NO2/c15-2-1-3-12(24-13(25)14(22,23)26-3)8(18)4(2)5-6(16)9(19)11(21)10(20)7(5)17/h1H,(H,24,25). The lowest BCUT2D eigenvalue weighted by atomic mass is 10.00. The molecule has 1 heterocycles. The van der Waals surface area contributed by atoms with Crippen LogP contribution in [0.1, 0.15) is 0 Å². The summed E-state index contributed by atoms with van der Waals surface area (Å²) in [7, 11) is 0. The Hall–Kier alpha value is -2.92. The van der Waals surface area contributed by atoms with Gasteiger partial charge in [-0.25, -0.2) is 30.7 Å². The van der Waals surface area contributed by atoms with Gasteiger partial charge in [0, 0.05) is 6.07 Å². The van der Waals surface area contributed by atoms with Crippen LogP contribution in [0.15, 0.2) is 6.07 Å². The zero-order chi connectivity index (χ0) is 19.5. The molecule has 0 atom stereocenters. The van der Waals surface area contributed by atoms with Crippen molar-refractivity contribution >= 4 is 11.6 Å². The SMILES string of the molecule is O=C1Nc2c(cc(F)c(-c3c(F)c(F)c(F)c(F)c3F)c2F)OC1(F)F. The molecule has 26 heavy (non-hydrogen) atoms. The average Bonchev–Trinajstić information content (AvgIpc) is 2.56. The second kappa shape index (κ2) is 5.54. The van der Waals surface area contributed by atoms with Crippen molar-refractivity contribution in [3.8, 4) is 16.9 Å². The van der Waals surface area contributed by atoms with Gasteiger partial charge in [-0.3, -0.25) is 4.79 Å². The molecule has 138 valence electrons. The quantitative estimate of drug-likeness (QED) is 0.452. The van der Waals surface area contributed by atoms with Crippen LogP contribution in [-0.4, -0.2) is 12.0 Å². The van der Waals surface area contributed by atoms with E-state index < -0.39 is 75.3 Å². The van der Waals surface area contributed by atoms with Gasteiger partial charge in [0.25, 0.3) is 0 Å². The number of alkyl halides is 2. The summed E-state index contributed by atoms with van der Waals surface area (Å²) < 4.78 is 126. The molecular weight excluding hydrogens is 385 g/mol. The summed E-state index contributed by atoms with van der Waals surface area (Å²) in [4.78, 5) is 11.1. The van der Waals surface area contributed by atoms with Crippen LogP contribution >= 0.6 is 0 Å². The number of ether oxygens (including phenoxy) is 1. The first kappa shape index (κ1) is 17.9. The molecule has 0 spiro atoms. The molecule has 0 bridgehead atoms. The second-order valence-electron chi connectivity index (χ2n) is 4.94. The normalized spacial score (nSPS) is 15.3. The lowest BCUT2D eigenvalue weighted by Gasteiger charge is -2.26. The van der Waals surface area contributed by atoms with Crippen LogP contribution in [0.4, 0.5) is 45.2 Å². The Balaban J connectivity index is 2.34. The molecule has 2 aromatic carbocycles. The number of fused-ring (bicyclic) bond motifs is 1. The van der Waals surface area contributed by atoms with Crippen LogP contribution in [-0.2, 0) is 4.79 Å². The first-order valence-electron chi connectivity index (χ1n) is 6.39. The first-order valence-corrected chi connectivity index (χ1v) is 6.39. The van der Waals surface area contributed by atoms with Gasteiger partial charge in [-0.1, -0.05) is 0 Å². The van der Waals surface area contributed by atoms with E-state index in [0.29, 0.717) is 0 Å². The van der Waals surface area contributed by atoms with E-state index in [2.05, 4.69) is 4.74 Å². The van der Waals surface area contributed by atoms with Gasteiger partial charge in [0.15, 0.2) is 34.8 Å². The van der Waals surface area contributed by atoms with E-state index >= 15 is 0 Å². The monoisotopic (exact) mass is 387 g/mol. The fourth-order valence-corrected chi connectivity index (χ4v) is 2.22. The summed E-state index contributed by atoms with van der Waals surface area (Å²) in [6, 6.07) is -0.000850. The van der Waals surface area contributed by atoms with Crippen molar-refractivity contribution in [2.45, 2.75) is 6.11 Å². The van der Waals surface area contributed by atoms with Crippen molar-refractivity contribution < 1.29 is 49.0 Å². The molecule has 0 saturated heterocycles. The molecule has 2 aromatic rings. The maximum atomic E-state index is 14.4. The second-order valence-corrected chi connectivity index (χ2v) is 4.94. The van der Waals surface area contributed by atoms with Crippen molar-refractivity contribution in [2.24, 2.45) is 0 Å².